The second-order valence-electron chi connectivity index (χ2n) is 4.37. The lowest BCUT2D eigenvalue weighted by Gasteiger charge is -2.28. The van der Waals surface area contributed by atoms with E-state index in [1.807, 2.05) is 30.3 Å². The number of anilines is 1. The number of ether oxygens (including phenoxy) is 1. The van der Waals surface area contributed by atoms with E-state index in [1.54, 1.807) is 6.07 Å². The first-order valence-corrected chi connectivity index (χ1v) is 6.00. The predicted octanol–water partition coefficient (Wildman–Crippen LogP) is 3.06. The molecule has 0 saturated heterocycles. The van der Waals surface area contributed by atoms with Crippen LogP contribution < -0.4 is 5.32 Å². The molecule has 6 heteroatoms. The molecule has 2 N–H and O–H groups in total. The first-order chi connectivity index (χ1) is 9.65. The van der Waals surface area contributed by atoms with Crippen molar-refractivity contribution in [2.24, 2.45) is 0 Å². The van der Waals surface area contributed by atoms with E-state index in [2.05, 4.69) is 5.32 Å². The van der Waals surface area contributed by atoms with Gasteiger partial charge in [0.2, 0.25) is 5.90 Å². The van der Waals surface area contributed by atoms with Gasteiger partial charge in [0.05, 0.1) is 16.2 Å². The highest BCUT2D eigenvalue weighted by Crippen LogP contribution is 2.32. The van der Waals surface area contributed by atoms with Crippen LogP contribution in [0, 0.1) is 15.5 Å². The summed E-state index contributed by atoms with van der Waals surface area (Å²) in [6.07, 6.45) is -0.461. The van der Waals surface area contributed by atoms with Crippen LogP contribution in [0.3, 0.4) is 0 Å². The van der Waals surface area contributed by atoms with Crippen molar-refractivity contribution in [3.63, 3.8) is 0 Å². The Kier molecular flexibility index (Phi) is 2.83. The van der Waals surface area contributed by atoms with E-state index >= 15 is 0 Å². The van der Waals surface area contributed by atoms with Gasteiger partial charge in [-0.1, -0.05) is 30.3 Å². The maximum Gasteiger partial charge on any atom is 0.270 e. The van der Waals surface area contributed by atoms with E-state index in [9.17, 15) is 10.1 Å². The van der Waals surface area contributed by atoms with Gasteiger partial charge in [0.1, 0.15) is 0 Å². The third kappa shape index (κ3) is 2.07. The summed E-state index contributed by atoms with van der Waals surface area (Å²) in [5.74, 6) is -0.0729. The average molecular weight is 269 g/mol. The van der Waals surface area contributed by atoms with E-state index in [1.165, 1.54) is 12.1 Å². The number of nitrogens with one attached hydrogen (secondary N) is 2. The van der Waals surface area contributed by atoms with Crippen LogP contribution >= 0.6 is 0 Å². The summed E-state index contributed by atoms with van der Waals surface area (Å²) in [5.41, 5.74) is 1.88. The van der Waals surface area contributed by atoms with Crippen LogP contribution in [0.5, 0.6) is 0 Å². The third-order valence-electron chi connectivity index (χ3n) is 3.08. The Morgan fingerprint density at radius 1 is 1.20 bits per heavy atom. The molecule has 0 saturated carbocycles. The Labute approximate surface area is 114 Å². The summed E-state index contributed by atoms with van der Waals surface area (Å²) in [6.45, 7) is 0. The van der Waals surface area contributed by atoms with Crippen LogP contribution in [-0.2, 0) is 4.74 Å². The minimum absolute atomic E-state index is 0.0583. The zero-order valence-electron chi connectivity index (χ0n) is 10.4. The third-order valence-corrected chi connectivity index (χ3v) is 3.08. The van der Waals surface area contributed by atoms with Crippen molar-refractivity contribution in [2.75, 3.05) is 5.32 Å². The number of non-ortho nitro benzene ring substituents is 1. The molecule has 0 bridgehead atoms. The Hall–Kier alpha value is -2.89. The number of rotatable bonds is 2. The fourth-order valence-electron chi connectivity index (χ4n) is 2.09. The molecule has 0 spiro atoms. The molecule has 3 rings (SSSR count). The van der Waals surface area contributed by atoms with Crippen molar-refractivity contribution < 1.29 is 9.66 Å². The highest BCUT2D eigenvalue weighted by Gasteiger charge is 2.26. The summed E-state index contributed by atoms with van der Waals surface area (Å²) in [6, 6.07) is 13.8. The van der Waals surface area contributed by atoms with Crippen molar-refractivity contribution in [2.45, 2.75) is 6.23 Å². The van der Waals surface area contributed by atoms with Crippen LogP contribution in [0.25, 0.3) is 0 Å². The highest BCUT2D eigenvalue weighted by atomic mass is 16.6. The zero-order valence-corrected chi connectivity index (χ0v) is 10.4. The molecular formula is C14H11N3O3. The normalized spacial score (nSPS) is 16.8. The predicted molar refractivity (Wildman–Crippen MR) is 73.8 cm³/mol. The number of nitro groups is 1. The molecule has 20 heavy (non-hydrogen) atoms. The lowest BCUT2D eigenvalue weighted by atomic mass is 10.1. The average Bonchev–Trinajstić information content (AvgIpc) is 2.47. The van der Waals surface area contributed by atoms with Gasteiger partial charge in [-0.15, -0.1) is 0 Å². The minimum atomic E-state index is -0.489. The summed E-state index contributed by atoms with van der Waals surface area (Å²) < 4.78 is 5.48. The Bertz CT molecular complexity index is 685. The van der Waals surface area contributed by atoms with E-state index < -0.39 is 11.2 Å². The molecule has 6 nitrogen and oxygen atoms in total. The number of nitrogens with zero attached hydrogens (tertiary/aromatic N) is 1. The summed E-state index contributed by atoms with van der Waals surface area (Å²) in [4.78, 5) is 10.3. The van der Waals surface area contributed by atoms with Crippen molar-refractivity contribution in [1.29, 1.82) is 5.41 Å². The first kappa shape index (κ1) is 12.2. The lowest BCUT2D eigenvalue weighted by Crippen LogP contribution is -2.25. The second kappa shape index (κ2) is 4.65. The highest BCUT2D eigenvalue weighted by molar-refractivity contribution is 5.99. The molecule has 2 aromatic rings. The molecule has 1 heterocycles. The number of hydrogen-bond acceptors (Lipinski definition) is 5. The van der Waals surface area contributed by atoms with E-state index in [0.29, 0.717) is 11.3 Å². The number of benzene rings is 2. The van der Waals surface area contributed by atoms with E-state index in [-0.39, 0.29) is 11.6 Å². The van der Waals surface area contributed by atoms with Gasteiger partial charge in [-0.3, -0.25) is 15.5 Å². The molecule has 0 amide bonds. The van der Waals surface area contributed by atoms with Gasteiger partial charge in [0.15, 0.2) is 6.23 Å². The van der Waals surface area contributed by atoms with Gasteiger partial charge in [0.25, 0.3) is 5.69 Å². The topological polar surface area (TPSA) is 88.2 Å². The molecule has 2 aromatic carbocycles. The molecule has 0 aromatic heterocycles. The van der Waals surface area contributed by atoms with Crippen LogP contribution in [0.15, 0.2) is 48.5 Å². The van der Waals surface area contributed by atoms with Crippen molar-refractivity contribution >= 4 is 17.3 Å². The fraction of sp³-hybridized carbons (Fsp3) is 0.0714. The molecular weight excluding hydrogens is 258 g/mol. The van der Waals surface area contributed by atoms with Gasteiger partial charge < -0.3 is 10.1 Å². The minimum Gasteiger partial charge on any atom is -0.449 e. The maximum absolute atomic E-state index is 10.8. The molecule has 1 unspecified atom stereocenters. The van der Waals surface area contributed by atoms with E-state index in [4.69, 9.17) is 10.1 Å². The molecule has 1 atom stereocenters. The van der Waals surface area contributed by atoms with Gasteiger partial charge in [0, 0.05) is 17.7 Å². The lowest BCUT2D eigenvalue weighted by molar-refractivity contribution is -0.384. The zero-order chi connectivity index (χ0) is 14.1. The Morgan fingerprint density at radius 2 is 1.95 bits per heavy atom. The fourth-order valence-corrected chi connectivity index (χ4v) is 2.09. The molecule has 1 aliphatic heterocycles. The summed E-state index contributed by atoms with van der Waals surface area (Å²) in [7, 11) is 0. The summed E-state index contributed by atoms with van der Waals surface area (Å²) >= 11 is 0. The van der Waals surface area contributed by atoms with Crippen molar-refractivity contribution in [1.82, 2.24) is 0 Å². The number of fused-ring (bicyclic) bond motifs is 1. The van der Waals surface area contributed by atoms with Crippen LogP contribution in [0.1, 0.15) is 17.4 Å². The quantitative estimate of drug-likeness (QED) is 0.647. The largest absolute Gasteiger partial charge is 0.449 e. The van der Waals surface area contributed by atoms with Gasteiger partial charge >= 0.3 is 0 Å². The van der Waals surface area contributed by atoms with Gasteiger partial charge in [-0.05, 0) is 6.07 Å². The molecule has 0 radical (unpaired) electrons. The van der Waals surface area contributed by atoms with Gasteiger partial charge in [-0.2, -0.15) is 0 Å². The second-order valence-corrected chi connectivity index (χ2v) is 4.37. The monoisotopic (exact) mass is 269 g/mol. The molecule has 1 aliphatic rings. The number of nitro benzene ring substituents is 1. The van der Waals surface area contributed by atoms with Crippen LogP contribution in [0.2, 0.25) is 0 Å². The smallest absolute Gasteiger partial charge is 0.270 e. The standard InChI is InChI=1S/C14H11N3O3/c15-13-11-8-10(17(18)19)6-7-12(11)16-14(20-13)9-4-2-1-3-5-9/h1-8,14-16H. The Balaban J connectivity index is 1.96. The molecule has 0 fully saturated rings. The van der Waals surface area contributed by atoms with Crippen LogP contribution in [-0.4, -0.2) is 10.8 Å². The maximum atomic E-state index is 10.8. The van der Waals surface area contributed by atoms with E-state index in [0.717, 1.165) is 5.56 Å². The number of hydrogen-bond donors (Lipinski definition) is 2. The SMILES string of the molecule is N=C1OC(c2ccccc2)Nc2ccc([N+](=O)[O-])cc21. The van der Waals surface area contributed by atoms with Crippen molar-refractivity contribution in [3.8, 4) is 0 Å². The van der Waals surface area contributed by atoms with Crippen LogP contribution in [0.4, 0.5) is 11.4 Å². The van der Waals surface area contributed by atoms with Crippen molar-refractivity contribution in [3.05, 3.63) is 69.8 Å². The Morgan fingerprint density at radius 3 is 2.65 bits per heavy atom. The molecule has 100 valence electrons. The first-order valence-electron chi connectivity index (χ1n) is 6.00. The van der Waals surface area contributed by atoms with Gasteiger partial charge in [-0.25, -0.2) is 0 Å². The summed E-state index contributed by atoms with van der Waals surface area (Å²) in [5, 5.41) is 21.8. The molecule has 0 aliphatic carbocycles.